The van der Waals surface area contributed by atoms with E-state index in [-0.39, 0.29) is 12.1 Å². The van der Waals surface area contributed by atoms with Crippen molar-refractivity contribution >= 4 is 38.4 Å². The van der Waals surface area contributed by atoms with Gasteiger partial charge < -0.3 is 29.2 Å². The molecule has 0 amide bonds. The van der Waals surface area contributed by atoms with Crippen LogP contribution in [0.25, 0.3) is 10.9 Å². The van der Waals surface area contributed by atoms with Crippen LogP contribution in [0.15, 0.2) is 30.7 Å². The predicted octanol–water partition coefficient (Wildman–Crippen LogP) is 2.14. The van der Waals surface area contributed by atoms with Crippen LogP contribution in [-0.4, -0.2) is 117 Å². The molecule has 2 aliphatic heterocycles. The summed E-state index contributed by atoms with van der Waals surface area (Å²) in [6.45, 7) is 7.58. The maximum atomic E-state index is 11.8. The van der Waals surface area contributed by atoms with E-state index in [1.165, 1.54) is 6.20 Å². The second-order valence-corrected chi connectivity index (χ2v) is 13.1. The van der Waals surface area contributed by atoms with Crippen molar-refractivity contribution in [3.63, 3.8) is 0 Å². The quantitative estimate of drug-likeness (QED) is 0.319. The van der Waals surface area contributed by atoms with Gasteiger partial charge in [-0.05, 0) is 31.7 Å². The first-order chi connectivity index (χ1) is 21.4. The fraction of sp³-hybridized carbons (Fsp3) is 0.586. The van der Waals surface area contributed by atoms with Gasteiger partial charge in [-0.3, -0.25) is 14.6 Å². The summed E-state index contributed by atoms with van der Waals surface area (Å²) in [6, 6.07) is 3.87. The Kier molecular flexibility index (Phi) is 9.74. The van der Waals surface area contributed by atoms with Crippen LogP contribution in [0, 0.1) is 0 Å². The summed E-state index contributed by atoms with van der Waals surface area (Å²) in [7, 11) is -3.46. The lowest BCUT2D eigenvalue weighted by atomic mass is 9.93. The normalized spacial score (nSPS) is 21.6. The highest BCUT2D eigenvalue weighted by molar-refractivity contribution is 7.92. The Balaban J connectivity index is 1.06. The van der Waals surface area contributed by atoms with Gasteiger partial charge in [0.05, 0.1) is 67.9 Å². The third-order valence-corrected chi connectivity index (χ3v) is 8.57. The lowest BCUT2D eigenvalue weighted by Gasteiger charge is -2.31. The van der Waals surface area contributed by atoms with Gasteiger partial charge in [-0.2, -0.15) is 4.98 Å². The average molecular weight is 629 g/mol. The van der Waals surface area contributed by atoms with E-state index in [1.54, 1.807) is 18.5 Å². The molecule has 14 nitrogen and oxygen atoms in total. The fourth-order valence-corrected chi connectivity index (χ4v) is 6.18. The lowest BCUT2D eigenvalue weighted by Crippen LogP contribution is -2.38. The number of nitrogens with zero attached hydrogens (tertiary/aromatic N) is 6. The highest BCUT2D eigenvalue weighted by Crippen LogP contribution is 2.33. The van der Waals surface area contributed by atoms with Crippen molar-refractivity contribution in [1.29, 1.82) is 0 Å². The molecule has 3 aromatic heterocycles. The third kappa shape index (κ3) is 8.34. The van der Waals surface area contributed by atoms with Crippen molar-refractivity contribution in [2.24, 2.45) is 0 Å². The van der Waals surface area contributed by atoms with Crippen molar-refractivity contribution in [2.75, 3.05) is 87.0 Å². The highest BCUT2D eigenvalue weighted by Gasteiger charge is 2.25. The minimum absolute atomic E-state index is 0.0432. The zero-order chi connectivity index (χ0) is 30.4. The molecule has 0 atom stereocenters. The van der Waals surface area contributed by atoms with Crippen LogP contribution in [0.4, 0.5) is 17.5 Å². The Morgan fingerprint density at radius 3 is 2.34 bits per heavy atom. The molecule has 238 valence electrons. The summed E-state index contributed by atoms with van der Waals surface area (Å²) >= 11 is 0. The second kappa shape index (κ2) is 14.1. The summed E-state index contributed by atoms with van der Waals surface area (Å²) in [6.07, 6.45) is 9.41. The summed E-state index contributed by atoms with van der Waals surface area (Å²) in [5, 5.41) is 4.11. The second-order valence-electron chi connectivity index (χ2n) is 11.3. The van der Waals surface area contributed by atoms with Gasteiger partial charge in [-0.15, -0.1) is 0 Å². The number of nitrogens with one attached hydrogen (secondary N) is 2. The van der Waals surface area contributed by atoms with E-state index in [0.29, 0.717) is 54.0 Å². The number of pyridine rings is 2. The van der Waals surface area contributed by atoms with E-state index in [4.69, 9.17) is 23.9 Å². The molecule has 15 heteroatoms. The van der Waals surface area contributed by atoms with Gasteiger partial charge in [0, 0.05) is 44.8 Å². The number of hydrogen-bond acceptors (Lipinski definition) is 13. The van der Waals surface area contributed by atoms with Crippen LogP contribution in [0.2, 0.25) is 0 Å². The largest absolute Gasteiger partial charge is 0.489 e. The Hall–Kier alpha value is -3.53. The van der Waals surface area contributed by atoms with Crippen LogP contribution in [-0.2, 0) is 19.5 Å². The monoisotopic (exact) mass is 628 g/mol. The van der Waals surface area contributed by atoms with Gasteiger partial charge in [0.25, 0.3) is 0 Å². The Bertz CT molecular complexity index is 1490. The number of sulfonamides is 1. The molecule has 0 unspecified atom stereocenters. The van der Waals surface area contributed by atoms with Gasteiger partial charge in [-0.25, -0.2) is 18.4 Å². The summed E-state index contributed by atoms with van der Waals surface area (Å²) in [5.41, 5.74) is 1.06. The maximum absolute atomic E-state index is 11.8. The molecule has 3 fully saturated rings. The molecule has 2 saturated heterocycles. The summed E-state index contributed by atoms with van der Waals surface area (Å²) in [5.74, 6) is 2.47. The molecule has 0 spiro atoms. The first-order valence-electron chi connectivity index (χ1n) is 15.2. The molecule has 0 radical (unpaired) electrons. The number of ether oxygens (including phenoxy) is 4. The van der Waals surface area contributed by atoms with Crippen LogP contribution >= 0.6 is 0 Å². The van der Waals surface area contributed by atoms with E-state index in [9.17, 15) is 8.42 Å². The maximum Gasteiger partial charge on any atom is 0.229 e. The van der Waals surface area contributed by atoms with Crippen LogP contribution in [0.3, 0.4) is 0 Å². The molecule has 6 rings (SSSR count). The number of anilines is 3. The number of rotatable bonds is 11. The summed E-state index contributed by atoms with van der Waals surface area (Å²) < 4.78 is 49.4. The van der Waals surface area contributed by atoms with Gasteiger partial charge in [0.2, 0.25) is 21.9 Å². The van der Waals surface area contributed by atoms with E-state index >= 15 is 0 Å². The van der Waals surface area contributed by atoms with Crippen molar-refractivity contribution in [3.05, 3.63) is 30.7 Å². The Labute approximate surface area is 257 Å². The van der Waals surface area contributed by atoms with Crippen molar-refractivity contribution in [2.45, 2.75) is 37.8 Å². The minimum atomic E-state index is -3.46. The molecule has 1 saturated carbocycles. The zero-order valence-electron chi connectivity index (χ0n) is 25.0. The molecule has 1 aliphatic carbocycles. The number of fused-ring (bicyclic) bond motifs is 1. The zero-order valence-corrected chi connectivity index (χ0v) is 25.8. The smallest absolute Gasteiger partial charge is 0.229 e. The first-order valence-corrected chi connectivity index (χ1v) is 17.1. The van der Waals surface area contributed by atoms with Gasteiger partial charge in [0.15, 0.2) is 5.75 Å². The molecule has 0 aromatic carbocycles. The molecule has 5 heterocycles. The molecular formula is C29H40N8O6S. The molecule has 3 aliphatic rings. The highest BCUT2D eigenvalue weighted by atomic mass is 32.2. The van der Waals surface area contributed by atoms with Crippen molar-refractivity contribution in [3.8, 4) is 11.6 Å². The van der Waals surface area contributed by atoms with E-state index in [1.807, 2.05) is 6.07 Å². The molecular weight excluding hydrogens is 588 g/mol. The van der Waals surface area contributed by atoms with Gasteiger partial charge in [-0.1, -0.05) is 0 Å². The predicted molar refractivity (Wildman–Crippen MR) is 166 cm³/mol. The van der Waals surface area contributed by atoms with Crippen molar-refractivity contribution in [1.82, 2.24) is 24.8 Å². The lowest BCUT2D eigenvalue weighted by molar-refractivity contribution is 0.0322. The topological polar surface area (TPSA) is 153 Å². The average Bonchev–Trinajstić information content (AvgIpc) is 3.03. The van der Waals surface area contributed by atoms with Crippen LogP contribution in [0.5, 0.6) is 11.6 Å². The van der Waals surface area contributed by atoms with Crippen LogP contribution in [0.1, 0.15) is 25.7 Å². The van der Waals surface area contributed by atoms with E-state index in [2.05, 4.69) is 34.8 Å². The molecule has 44 heavy (non-hydrogen) atoms. The van der Waals surface area contributed by atoms with Crippen LogP contribution < -0.4 is 24.4 Å². The van der Waals surface area contributed by atoms with E-state index < -0.39 is 10.0 Å². The molecule has 3 aromatic rings. The fourth-order valence-electron chi connectivity index (χ4n) is 5.64. The number of morpholine rings is 2. The van der Waals surface area contributed by atoms with Gasteiger partial charge in [0.1, 0.15) is 18.5 Å². The third-order valence-electron chi connectivity index (χ3n) is 7.96. The van der Waals surface area contributed by atoms with Gasteiger partial charge >= 0.3 is 0 Å². The Morgan fingerprint density at radius 1 is 0.932 bits per heavy atom. The minimum Gasteiger partial charge on any atom is -0.489 e. The molecule has 2 N–H and O–H groups in total. The van der Waals surface area contributed by atoms with Crippen molar-refractivity contribution < 1.29 is 27.4 Å². The standard InChI is InChI=1S/C29H40N8O6S/c1-44(38,39)35-22-16-25-26(30-18-22)17-27(37-9-13-41-14-10-37)34-28(25)43-23-4-2-21(3-5-23)33-29-31-19-24(20-32-29)42-15-8-36-6-11-40-12-7-36/h16-21,23,35H,2-15H2,1H3,(H,31,32,33)/t21-,23+. The molecule has 0 bridgehead atoms. The van der Waals surface area contributed by atoms with E-state index in [0.717, 1.165) is 83.7 Å². The SMILES string of the molecule is CS(=O)(=O)Nc1cnc2cc(N3CCOCC3)nc(O[C@H]3CC[C@@H](Nc4ncc(OCCN5CCOCC5)cn4)CC3)c2c1. The first kappa shape index (κ1) is 30.5. The Morgan fingerprint density at radius 2 is 1.64 bits per heavy atom. The summed E-state index contributed by atoms with van der Waals surface area (Å²) in [4.78, 5) is 22.8. The number of hydrogen-bond donors (Lipinski definition) is 2. The number of aromatic nitrogens is 4.